The van der Waals surface area contributed by atoms with Gasteiger partial charge in [-0.25, -0.2) is 0 Å². The van der Waals surface area contributed by atoms with Crippen molar-refractivity contribution in [1.29, 1.82) is 0 Å². The van der Waals surface area contributed by atoms with Gasteiger partial charge in [0, 0.05) is 4.47 Å². The first-order valence-corrected chi connectivity index (χ1v) is 8.20. The van der Waals surface area contributed by atoms with Gasteiger partial charge >= 0.3 is 0 Å². The highest BCUT2D eigenvalue weighted by Crippen LogP contribution is 2.31. The van der Waals surface area contributed by atoms with E-state index < -0.39 is 0 Å². The van der Waals surface area contributed by atoms with Gasteiger partial charge in [-0.3, -0.25) is 0 Å². The Kier molecular flexibility index (Phi) is 5.65. The highest BCUT2D eigenvalue weighted by molar-refractivity contribution is 9.10. The van der Waals surface area contributed by atoms with Crippen LogP contribution < -0.4 is 5.32 Å². The number of halogens is 1. The van der Waals surface area contributed by atoms with Gasteiger partial charge in [0.15, 0.2) is 0 Å². The van der Waals surface area contributed by atoms with Crippen LogP contribution in [0.3, 0.4) is 0 Å². The lowest BCUT2D eigenvalue weighted by Crippen LogP contribution is -2.24. The van der Waals surface area contributed by atoms with Gasteiger partial charge in [0.25, 0.3) is 0 Å². The minimum atomic E-state index is 0.400. The van der Waals surface area contributed by atoms with Gasteiger partial charge < -0.3 is 5.32 Å². The summed E-state index contributed by atoms with van der Waals surface area (Å²) in [5.74, 6) is 0. The Morgan fingerprint density at radius 2 is 2.16 bits per heavy atom. The first-order valence-electron chi connectivity index (χ1n) is 7.40. The van der Waals surface area contributed by atoms with Crippen LogP contribution in [-0.4, -0.2) is 6.54 Å². The van der Waals surface area contributed by atoms with E-state index in [1.807, 2.05) is 0 Å². The van der Waals surface area contributed by atoms with Crippen LogP contribution in [0.4, 0.5) is 0 Å². The second kappa shape index (κ2) is 7.25. The monoisotopic (exact) mass is 321 g/mol. The summed E-state index contributed by atoms with van der Waals surface area (Å²) in [6.07, 6.45) is 8.80. The van der Waals surface area contributed by atoms with Crippen LogP contribution in [0.1, 0.15) is 56.2 Å². The highest BCUT2D eigenvalue weighted by atomic mass is 79.9. The standard InChI is InChI=1S/C17H24BrN/c1-3-11-19-17(14-7-5-4-6-8-14)15-10-9-13(2)16(18)12-15/h7,9-10,12,17,19H,3-6,8,11H2,1-2H3. The number of rotatable bonds is 5. The minimum Gasteiger partial charge on any atom is -0.307 e. The molecule has 0 saturated carbocycles. The third kappa shape index (κ3) is 3.93. The maximum atomic E-state index is 3.71. The van der Waals surface area contributed by atoms with Crippen molar-refractivity contribution in [3.63, 3.8) is 0 Å². The fraction of sp³-hybridized carbons (Fsp3) is 0.529. The molecule has 0 radical (unpaired) electrons. The summed E-state index contributed by atoms with van der Waals surface area (Å²) >= 11 is 3.66. The zero-order chi connectivity index (χ0) is 13.7. The molecular formula is C17H24BrN. The van der Waals surface area contributed by atoms with Crippen molar-refractivity contribution < 1.29 is 0 Å². The van der Waals surface area contributed by atoms with Crippen molar-refractivity contribution in [2.75, 3.05) is 6.54 Å². The average Bonchev–Trinajstić information content (AvgIpc) is 2.44. The topological polar surface area (TPSA) is 12.0 Å². The fourth-order valence-corrected chi connectivity index (χ4v) is 3.06. The second-order valence-corrected chi connectivity index (χ2v) is 6.27. The molecule has 1 aliphatic rings. The van der Waals surface area contributed by atoms with E-state index in [2.05, 4.69) is 59.4 Å². The molecule has 1 aromatic rings. The molecule has 2 rings (SSSR count). The Morgan fingerprint density at radius 3 is 2.79 bits per heavy atom. The minimum absolute atomic E-state index is 0.400. The van der Waals surface area contributed by atoms with Gasteiger partial charge in [0.2, 0.25) is 0 Å². The van der Waals surface area contributed by atoms with Crippen LogP contribution in [-0.2, 0) is 0 Å². The molecule has 1 N–H and O–H groups in total. The Labute approximate surface area is 125 Å². The van der Waals surface area contributed by atoms with E-state index in [9.17, 15) is 0 Å². The lowest BCUT2D eigenvalue weighted by atomic mass is 9.89. The summed E-state index contributed by atoms with van der Waals surface area (Å²) in [5.41, 5.74) is 4.27. The predicted molar refractivity (Wildman–Crippen MR) is 86.5 cm³/mol. The zero-order valence-electron chi connectivity index (χ0n) is 12.0. The highest BCUT2D eigenvalue weighted by Gasteiger charge is 2.18. The molecule has 1 aliphatic carbocycles. The van der Waals surface area contributed by atoms with E-state index in [-0.39, 0.29) is 0 Å². The number of benzene rings is 1. The molecule has 0 aromatic heterocycles. The molecule has 0 spiro atoms. The summed E-state index contributed by atoms with van der Waals surface area (Å²) in [7, 11) is 0. The maximum absolute atomic E-state index is 3.71. The molecule has 0 aliphatic heterocycles. The van der Waals surface area contributed by atoms with Crippen molar-refractivity contribution in [2.24, 2.45) is 0 Å². The Bertz CT molecular complexity index is 451. The Morgan fingerprint density at radius 1 is 1.32 bits per heavy atom. The molecule has 0 heterocycles. The SMILES string of the molecule is CCCNC(C1=CCCCC1)c1ccc(C)c(Br)c1. The third-order valence-electron chi connectivity index (χ3n) is 3.82. The van der Waals surface area contributed by atoms with Crippen LogP contribution >= 0.6 is 15.9 Å². The molecule has 2 heteroatoms. The van der Waals surface area contributed by atoms with Crippen LogP contribution in [0.5, 0.6) is 0 Å². The van der Waals surface area contributed by atoms with E-state index in [0.717, 1.165) is 6.54 Å². The van der Waals surface area contributed by atoms with Crippen LogP contribution in [0.25, 0.3) is 0 Å². The van der Waals surface area contributed by atoms with Gasteiger partial charge in [-0.1, -0.05) is 46.6 Å². The number of hydrogen-bond acceptors (Lipinski definition) is 1. The lowest BCUT2D eigenvalue weighted by Gasteiger charge is -2.25. The van der Waals surface area contributed by atoms with E-state index in [1.54, 1.807) is 5.57 Å². The Hall–Kier alpha value is -0.600. The number of hydrogen-bond donors (Lipinski definition) is 1. The summed E-state index contributed by atoms with van der Waals surface area (Å²) in [4.78, 5) is 0. The van der Waals surface area contributed by atoms with Crippen LogP contribution in [0.15, 0.2) is 34.3 Å². The lowest BCUT2D eigenvalue weighted by molar-refractivity contribution is 0.546. The zero-order valence-corrected chi connectivity index (χ0v) is 13.6. The smallest absolute Gasteiger partial charge is 0.0536 e. The summed E-state index contributed by atoms with van der Waals surface area (Å²) in [6.45, 7) is 5.44. The van der Waals surface area contributed by atoms with Gasteiger partial charge in [0.05, 0.1) is 6.04 Å². The Balaban J connectivity index is 2.25. The van der Waals surface area contributed by atoms with Gasteiger partial charge in [-0.2, -0.15) is 0 Å². The number of nitrogens with one attached hydrogen (secondary N) is 1. The first-order chi connectivity index (χ1) is 9.22. The van der Waals surface area contributed by atoms with Gasteiger partial charge in [0.1, 0.15) is 0 Å². The molecule has 19 heavy (non-hydrogen) atoms. The summed E-state index contributed by atoms with van der Waals surface area (Å²) < 4.78 is 1.21. The first kappa shape index (κ1) is 14.8. The summed E-state index contributed by atoms with van der Waals surface area (Å²) in [6, 6.07) is 7.15. The fourth-order valence-electron chi connectivity index (χ4n) is 2.67. The van der Waals surface area contributed by atoms with Crippen molar-refractivity contribution in [2.45, 2.75) is 52.0 Å². The van der Waals surface area contributed by atoms with Crippen LogP contribution in [0.2, 0.25) is 0 Å². The number of allylic oxidation sites excluding steroid dienone is 1. The molecule has 0 amide bonds. The van der Waals surface area contributed by atoms with Gasteiger partial charge in [-0.15, -0.1) is 0 Å². The average molecular weight is 322 g/mol. The molecule has 1 aromatic carbocycles. The van der Waals surface area contributed by atoms with E-state index in [1.165, 1.54) is 47.7 Å². The largest absolute Gasteiger partial charge is 0.307 e. The molecule has 0 bridgehead atoms. The third-order valence-corrected chi connectivity index (χ3v) is 4.68. The maximum Gasteiger partial charge on any atom is 0.0536 e. The molecule has 104 valence electrons. The quantitative estimate of drug-likeness (QED) is 0.726. The van der Waals surface area contributed by atoms with Crippen LogP contribution in [0, 0.1) is 6.92 Å². The second-order valence-electron chi connectivity index (χ2n) is 5.42. The molecule has 1 unspecified atom stereocenters. The normalized spacial score (nSPS) is 17.1. The molecule has 0 fully saturated rings. The number of aryl methyl sites for hydroxylation is 1. The van der Waals surface area contributed by atoms with Crippen molar-refractivity contribution in [3.8, 4) is 0 Å². The van der Waals surface area contributed by atoms with E-state index >= 15 is 0 Å². The summed E-state index contributed by atoms with van der Waals surface area (Å²) in [5, 5.41) is 3.71. The molecule has 1 atom stereocenters. The van der Waals surface area contributed by atoms with E-state index in [0.29, 0.717) is 6.04 Å². The molecule has 1 nitrogen and oxygen atoms in total. The van der Waals surface area contributed by atoms with E-state index in [4.69, 9.17) is 0 Å². The molecular weight excluding hydrogens is 298 g/mol. The van der Waals surface area contributed by atoms with Crippen molar-refractivity contribution in [1.82, 2.24) is 5.32 Å². The molecule has 0 saturated heterocycles. The van der Waals surface area contributed by atoms with Crippen molar-refractivity contribution in [3.05, 3.63) is 45.4 Å². The van der Waals surface area contributed by atoms with Crippen molar-refractivity contribution >= 4 is 15.9 Å². The predicted octanol–water partition coefficient (Wildman–Crippen LogP) is 5.30. The van der Waals surface area contributed by atoms with Gasteiger partial charge in [-0.05, 0) is 62.8 Å².